The Bertz CT molecular complexity index is 922. The number of likely N-dealkylation sites (tertiary alicyclic amines) is 1. The second-order valence-corrected chi connectivity index (χ2v) is 9.22. The fourth-order valence-electron chi connectivity index (χ4n) is 4.64. The van der Waals surface area contributed by atoms with Gasteiger partial charge in [0, 0.05) is 36.3 Å². The van der Waals surface area contributed by atoms with Crippen LogP contribution in [0.5, 0.6) is 0 Å². The van der Waals surface area contributed by atoms with Crippen molar-refractivity contribution in [2.45, 2.75) is 31.9 Å². The highest BCUT2D eigenvalue weighted by Crippen LogP contribution is 2.41. The number of anilines is 1. The predicted molar refractivity (Wildman–Crippen MR) is 112 cm³/mol. The van der Waals surface area contributed by atoms with Crippen molar-refractivity contribution in [1.29, 1.82) is 0 Å². The molecular weight excluding hydrogens is 386 g/mol. The first-order chi connectivity index (χ1) is 14.2. The van der Waals surface area contributed by atoms with Gasteiger partial charge in [0.15, 0.2) is 0 Å². The lowest BCUT2D eigenvalue weighted by molar-refractivity contribution is 0.0243. The number of rotatable bonds is 4. The Balaban J connectivity index is 1.27. The molecule has 152 valence electrons. The summed E-state index contributed by atoms with van der Waals surface area (Å²) in [6.07, 6.45) is 4.59. The van der Waals surface area contributed by atoms with E-state index in [1.807, 2.05) is 42.0 Å². The SMILES string of the molecule is OC1CN(c2noc(-c3ccccc3)n2)CC2(CCN(Cc3cncs3)CC2)C1. The van der Waals surface area contributed by atoms with Gasteiger partial charge in [0.2, 0.25) is 0 Å². The highest BCUT2D eigenvalue weighted by Gasteiger charge is 2.42. The molecule has 7 nitrogen and oxygen atoms in total. The molecule has 8 heteroatoms. The van der Waals surface area contributed by atoms with E-state index < -0.39 is 0 Å². The summed E-state index contributed by atoms with van der Waals surface area (Å²) in [6, 6.07) is 9.80. The number of benzene rings is 1. The number of thiazole rings is 1. The number of aliphatic hydroxyl groups is 1. The third-order valence-electron chi connectivity index (χ3n) is 6.12. The molecular formula is C21H25N5O2S. The van der Waals surface area contributed by atoms with Gasteiger partial charge in [-0.1, -0.05) is 18.2 Å². The number of aliphatic hydroxyl groups excluding tert-OH is 1. The van der Waals surface area contributed by atoms with E-state index in [9.17, 15) is 5.11 Å². The van der Waals surface area contributed by atoms with E-state index in [0.717, 1.165) is 51.0 Å². The van der Waals surface area contributed by atoms with E-state index >= 15 is 0 Å². The summed E-state index contributed by atoms with van der Waals surface area (Å²) < 4.78 is 5.49. The van der Waals surface area contributed by atoms with Gasteiger partial charge in [-0.2, -0.15) is 4.98 Å². The average molecular weight is 412 g/mol. The summed E-state index contributed by atoms with van der Waals surface area (Å²) >= 11 is 1.71. The van der Waals surface area contributed by atoms with E-state index in [4.69, 9.17) is 4.52 Å². The zero-order chi connectivity index (χ0) is 19.7. The zero-order valence-electron chi connectivity index (χ0n) is 16.3. The molecule has 2 aromatic heterocycles. The van der Waals surface area contributed by atoms with Crippen molar-refractivity contribution >= 4 is 17.3 Å². The molecule has 1 aromatic carbocycles. The van der Waals surface area contributed by atoms with Gasteiger partial charge in [0.25, 0.3) is 11.8 Å². The maximum Gasteiger partial charge on any atom is 0.266 e. The molecule has 2 saturated heterocycles. The first kappa shape index (κ1) is 18.7. The standard InChI is InChI=1S/C21H25N5O2S/c27-17-10-21(6-8-25(9-7-21)13-18-11-22-15-29-18)14-26(12-17)20-23-19(28-24-20)16-4-2-1-3-5-16/h1-5,11,15,17,27H,6-10,12-14H2. The highest BCUT2D eigenvalue weighted by molar-refractivity contribution is 7.09. The summed E-state index contributed by atoms with van der Waals surface area (Å²) in [4.78, 5) is 14.7. The smallest absolute Gasteiger partial charge is 0.266 e. The van der Waals surface area contributed by atoms with Crippen molar-refractivity contribution < 1.29 is 9.63 Å². The van der Waals surface area contributed by atoms with Gasteiger partial charge < -0.3 is 14.5 Å². The predicted octanol–water partition coefficient (Wildman–Crippen LogP) is 3.05. The zero-order valence-corrected chi connectivity index (χ0v) is 17.1. The lowest BCUT2D eigenvalue weighted by atomic mass is 9.71. The van der Waals surface area contributed by atoms with Crippen molar-refractivity contribution in [1.82, 2.24) is 20.0 Å². The summed E-state index contributed by atoms with van der Waals surface area (Å²) in [5.74, 6) is 1.10. The summed E-state index contributed by atoms with van der Waals surface area (Å²) in [6.45, 7) is 4.48. The van der Waals surface area contributed by atoms with Crippen molar-refractivity contribution in [2.24, 2.45) is 5.41 Å². The third-order valence-corrected chi connectivity index (χ3v) is 6.89. The van der Waals surface area contributed by atoms with Crippen LogP contribution >= 0.6 is 11.3 Å². The molecule has 2 fully saturated rings. The van der Waals surface area contributed by atoms with Gasteiger partial charge in [-0.05, 0) is 55.1 Å². The first-order valence-corrected chi connectivity index (χ1v) is 11.0. The number of β-amino-alcohol motifs (C(OH)–C–C–N with tert-alkyl or cyclic N) is 1. The molecule has 1 N–H and O–H groups in total. The summed E-state index contributed by atoms with van der Waals surface area (Å²) in [5.41, 5.74) is 2.91. The third kappa shape index (κ3) is 4.05. The van der Waals surface area contributed by atoms with Gasteiger partial charge in [-0.15, -0.1) is 11.3 Å². The van der Waals surface area contributed by atoms with Crippen LogP contribution in [-0.2, 0) is 6.54 Å². The lowest BCUT2D eigenvalue weighted by Crippen LogP contribution is -2.54. The number of aromatic nitrogens is 3. The van der Waals surface area contributed by atoms with E-state index in [1.54, 1.807) is 11.3 Å². The molecule has 29 heavy (non-hydrogen) atoms. The molecule has 0 aliphatic carbocycles. The molecule has 0 saturated carbocycles. The van der Waals surface area contributed by atoms with Gasteiger partial charge in [-0.3, -0.25) is 9.88 Å². The molecule has 1 unspecified atom stereocenters. The number of nitrogens with zero attached hydrogens (tertiary/aromatic N) is 5. The van der Waals surface area contributed by atoms with Crippen LogP contribution in [0.25, 0.3) is 11.5 Å². The molecule has 0 bridgehead atoms. The Morgan fingerprint density at radius 2 is 2.03 bits per heavy atom. The molecule has 2 aliphatic rings. The maximum atomic E-state index is 10.6. The van der Waals surface area contributed by atoms with Crippen molar-refractivity contribution in [3.63, 3.8) is 0 Å². The molecule has 2 aliphatic heterocycles. The fourth-order valence-corrected chi connectivity index (χ4v) is 5.27. The second kappa shape index (κ2) is 7.85. The number of piperidine rings is 2. The normalized spacial score (nSPS) is 22.2. The van der Waals surface area contributed by atoms with Crippen LogP contribution in [0, 0.1) is 5.41 Å². The number of hydrogen-bond donors (Lipinski definition) is 1. The van der Waals surface area contributed by atoms with Gasteiger partial charge in [0.1, 0.15) is 0 Å². The Morgan fingerprint density at radius 3 is 2.79 bits per heavy atom. The molecule has 0 radical (unpaired) electrons. The fraction of sp³-hybridized carbons (Fsp3) is 0.476. The van der Waals surface area contributed by atoms with Crippen LogP contribution in [0.15, 0.2) is 46.6 Å². The van der Waals surface area contributed by atoms with Crippen LogP contribution in [0.2, 0.25) is 0 Å². The van der Waals surface area contributed by atoms with Crippen molar-refractivity contribution in [2.75, 3.05) is 31.1 Å². The second-order valence-electron chi connectivity index (χ2n) is 8.25. The molecule has 5 rings (SSSR count). The summed E-state index contributed by atoms with van der Waals surface area (Å²) in [5, 5.41) is 14.8. The summed E-state index contributed by atoms with van der Waals surface area (Å²) in [7, 11) is 0. The lowest BCUT2D eigenvalue weighted by Gasteiger charge is -2.48. The quantitative estimate of drug-likeness (QED) is 0.707. The average Bonchev–Trinajstić information content (AvgIpc) is 3.42. The van der Waals surface area contributed by atoms with E-state index in [-0.39, 0.29) is 11.5 Å². The van der Waals surface area contributed by atoms with Gasteiger partial charge in [0.05, 0.1) is 11.6 Å². The highest BCUT2D eigenvalue weighted by atomic mass is 32.1. The van der Waals surface area contributed by atoms with Crippen LogP contribution in [0.4, 0.5) is 5.95 Å². The van der Waals surface area contributed by atoms with Crippen LogP contribution in [0.1, 0.15) is 24.1 Å². The Morgan fingerprint density at radius 1 is 1.21 bits per heavy atom. The minimum absolute atomic E-state index is 0.107. The monoisotopic (exact) mass is 411 g/mol. The Hall–Kier alpha value is -2.29. The van der Waals surface area contributed by atoms with Gasteiger partial charge in [-0.25, -0.2) is 0 Å². The maximum absolute atomic E-state index is 10.6. The topological polar surface area (TPSA) is 78.5 Å². The van der Waals surface area contributed by atoms with Crippen molar-refractivity contribution in [3.05, 3.63) is 46.9 Å². The van der Waals surface area contributed by atoms with Gasteiger partial charge >= 0.3 is 0 Å². The minimum Gasteiger partial charge on any atom is -0.391 e. The van der Waals surface area contributed by atoms with E-state index in [1.165, 1.54) is 4.88 Å². The van der Waals surface area contributed by atoms with Crippen LogP contribution in [0.3, 0.4) is 0 Å². The molecule has 1 atom stereocenters. The molecule has 3 aromatic rings. The molecule has 0 amide bonds. The Labute approximate surface area is 174 Å². The largest absolute Gasteiger partial charge is 0.391 e. The van der Waals surface area contributed by atoms with Crippen LogP contribution in [-0.4, -0.2) is 57.4 Å². The van der Waals surface area contributed by atoms with Crippen molar-refractivity contribution in [3.8, 4) is 11.5 Å². The molecule has 1 spiro atoms. The minimum atomic E-state index is -0.365. The van der Waals surface area contributed by atoms with E-state index in [0.29, 0.717) is 18.4 Å². The molecule has 4 heterocycles. The van der Waals surface area contributed by atoms with E-state index in [2.05, 4.69) is 24.9 Å². The first-order valence-electron chi connectivity index (χ1n) is 10.1. The van der Waals surface area contributed by atoms with Crippen LogP contribution < -0.4 is 4.90 Å². The Kier molecular flexibility index (Phi) is 5.07. The number of hydrogen-bond acceptors (Lipinski definition) is 8.